The van der Waals surface area contributed by atoms with Gasteiger partial charge >= 0.3 is 0 Å². The van der Waals surface area contributed by atoms with E-state index in [1.165, 1.54) is 5.56 Å². The molecule has 0 unspecified atom stereocenters. The van der Waals surface area contributed by atoms with E-state index in [0.29, 0.717) is 5.69 Å². The predicted molar refractivity (Wildman–Crippen MR) is 75.0 cm³/mol. The van der Waals surface area contributed by atoms with Crippen LogP contribution in [0, 0.1) is 11.3 Å². The summed E-state index contributed by atoms with van der Waals surface area (Å²) in [5.41, 5.74) is 14.1. The molecular weight excluding hydrogens is 238 g/mol. The van der Waals surface area contributed by atoms with E-state index in [4.69, 9.17) is 16.7 Å². The molecule has 2 aromatic rings. The summed E-state index contributed by atoms with van der Waals surface area (Å²) in [6.45, 7) is 2.13. The van der Waals surface area contributed by atoms with E-state index in [-0.39, 0.29) is 17.3 Å². The van der Waals surface area contributed by atoms with Gasteiger partial charge in [-0.1, -0.05) is 37.6 Å². The molecule has 2 rings (SSSR count). The maximum Gasteiger partial charge on any atom is 0.222 e. The van der Waals surface area contributed by atoms with E-state index < -0.39 is 0 Å². The van der Waals surface area contributed by atoms with E-state index >= 15 is 0 Å². The van der Waals surface area contributed by atoms with Crippen LogP contribution in [-0.2, 0) is 6.42 Å². The Kier molecular flexibility index (Phi) is 3.62. The van der Waals surface area contributed by atoms with Gasteiger partial charge in [0.15, 0.2) is 0 Å². The molecule has 0 fully saturated rings. The fourth-order valence-electron chi connectivity index (χ4n) is 1.93. The van der Waals surface area contributed by atoms with Gasteiger partial charge in [0, 0.05) is 5.56 Å². The third-order valence-electron chi connectivity index (χ3n) is 2.83. The van der Waals surface area contributed by atoms with Crippen LogP contribution in [0.1, 0.15) is 24.5 Å². The number of nitrogens with two attached hydrogens (primary N) is 2. The second-order valence-electron chi connectivity index (χ2n) is 4.25. The number of anilines is 2. The Morgan fingerprint density at radius 1 is 1.16 bits per heavy atom. The minimum Gasteiger partial charge on any atom is -0.382 e. The summed E-state index contributed by atoms with van der Waals surface area (Å²) >= 11 is 0. The van der Waals surface area contributed by atoms with Gasteiger partial charge < -0.3 is 11.5 Å². The third-order valence-corrected chi connectivity index (χ3v) is 2.83. The van der Waals surface area contributed by atoms with Crippen LogP contribution in [0.15, 0.2) is 24.3 Å². The maximum absolute atomic E-state index is 9.14. The molecule has 0 bridgehead atoms. The zero-order valence-electron chi connectivity index (χ0n) is 10.7. The Labute approximate surface area is 111 Å². The highest BCUT2D eigenvalue weighted by Gasteiger charge is 2.12. The fraction of sp³-hybridized carbons (Fsp3) is 0.214. The second kappa shape index (κ2) is 5.36. The highest BCUT2D eigenvalue weighted by molar-refractivity contribution is 5.73. The first-order valence-electron chi connectivity index (χ1n) is 6.08. The topological polar surface area (TPSA) is 102 Å². The maximum atomic E-state index is 9.14. The van der Waals surface area contributed by atoms with E-state index in [1.54, 1.807) is 0 Å². The van der Waals surface area contributed by atoms with Gasteiger partial charge in [-0.2, -0.15) is 10.2 Å². The molecule has 1 heterocycles. The lowest BCUT2D eigenvalue weighted by molar-refractivity contribution is 0.922. The summed E-state index contributed by atoms with van der Waals surface area (Å²) in [6.07, 6.45) is 2.12. The van der Waals surface area contributed by atoms with Crippen molar-refractivity contribution in [3.8, 4) is 17.3 Å². The Hall–Kier alpha value is -2.61. The van der Waals surface area contributed by atoms with Gasteiger partial charge in [-0.3, -0.25) is 0 Å². The third kappa shape index (κ3) is 2.63. The molecule has 0 atom stereocenters. The Balaban J connectivity index is 2.49. The number of nitriles is 1. The van der Waals surface area contributed by atoms with Crippen LogP contribution in [0.4, 0.5) is 11.8 Å². The molecule has 0 saturated heterocycles. The molecule has 96 valence electrons. The van der Waals surface area contributed by atoms with Crippen LogP contribution in [0.2, 0.25) is 0 Å². The molecule has 5 heteroatoms. The van der Waals surface area contributed by atoms with Gasteiger partial charge in [-0.05, 0) is 12.0 Å². The number of hydrogen-bond acceptors (Lipinski definition) is 5. The van der Waals surface area contributed by atoms with Crippen molar-refractivity contribution >= 4 is 11.8 Å². The molecule has 0 amide bonds. The molecule has 0 radical (unpaired) electrons. The van der Waals surface area contributed by atoms with Gasteiger partial charge in [0.25, 0.3) is 0 Å². The van der Waals surface area contributed by atoms with Gasteiger partial charge in [0.2, 0.25) is 5.95 Å². The van der Waals surface area contributed by atoms with E-state index in [0.717, 1.165) is 18.4 Å². The minimum atomic E-state index is 0.0733. The zero-order valence-corrected chi connectivity index (χ0v) is 10.7. The van der Waals surface area contributed by atoms with Crippen molar-refractivity contribution in [2.75, 3.05) is 11.5 Å². The average molecular weight is 253 g/mol. The average Bonchev–Trinajstić information content (AvgIpc) is 2.39. The molecule has 0 spiro atoms. The molecule has 0 aliphatic carbocycles. The number of aromatic nitrogens is 2. The molecule has 1 aromatic carbocycles. The summed E-state index contributed by atoms with van der Waals surface area (Å²) in [5, 5.41) is 9.14. The first kappa shape index (κ1) is 12.8. The van der Waals surface area contributed by atoms with Crippen LogP contribution in [0.3, 0.4) is 0 Å². The van der Waals surface area contributed by atoms with Gasteiger partial charge in [0.05, 0.1) is 5.69 Å². The van der Waals surface area contributed by atoms with Crippen LogP contribution in [0.25, 0.3) is 11.3 Å². The normalized spacial score (nSPS) is 10.1. The highest BCUT2D eigenvalue weighted by atomic mass is 15.0. The Bertz CT molecular complexity index is 626. The molecule has 1 aromatic heterocycles. The van der Waals surface area contributed by atoms with Crippen molar-refractivity contribution in [3.05, 3.63) is 35.4 Å². The van der Waals surface area contributed by atoms with Crippen molar-refractivity contribution in [1.29, 1.82) is 5.26 Å². The van der Waals surface area contributed by atoms with Crippen molar-refractivity contribution in [2.24, 2.45) is 0 Å². The molecule has 4 N–H and O–H groups in total. The molecule has 0 aliphatic rings. The smallest absolute Gasteiger partial charge is 0.222 e. The lowest BCUT2D eigenvalue weighted by Crippen LogP contribution is -2.04. The van der Waals surface area contributed by atoms with Crippen molar-refractivity contribution in [3.63, 3.8) is 0 Å². The number of nitrogen functional groups attached to an aromatic ring is 2. The molecule has 19 heavy (non-hydrogen) atoms. The first-order chi connectivity index (χ1) is 9.15. The number of benzene rings is 1. The first-order valence-corrected chi connectivity index (χ1v) is 6.08. The Morgan fingerprint density at radius 3 is 2.42 bits per heavy atom. The zero-order chi connectivity index (χ0) is 13.8. The van der Waals surface area contributed by atoms with Crippen molar-refractivity contribution in [1.82, 2.24) is 9.97 Å². The molecule has 5 nitrogen and oxygen atoms in total. The van der Waals surface area contributed by atoms with Crippen LogP contribution < -0.4 is 11.5 Å². The number of nitrogens with zero attached hydrogens (tertiary/aromatic N) is 3. The van der Waals surface area contributed by atoms with Gasteiger partial charge in [-0.15, -0.1) is 0 Å². The summed E-state index contributed by atoms with van der Waals surface area (Å²) in [7, 11) is 0. The largest absolute Gasteiger partial charge is 0.382 e. The minimum absolute atomic E-state index is 0.0733. The van der Waals surface area contributed by atoms with E-state index in [9.17, 15) is 0 Å². The van der Waals surface area contributed by atoms with Crippen molar-refractivity contribution in [2.45, 2.75) is 19.8 Å². The number of hydrogen-bond donors (Lipinski definition) is 2. The standard InChI is InChI=1S/C14H15N5/c1-2-3-9-4-6-10(7-5-9)12-11(8-15)13(16)19-14(17)18-12/h4-7H,2-3H2,1H3,(H4,16,17,18,19). The lowest BCUT2D eigenvalue weighted by Gasteiger charge is -2.07. The summed E-state index contributed by atoms with van der Waals surface area (Å²) in [4.78, 5) is 7.91. The molecular formula is C14H15N5. The Morgan fingerprint density at radius 2 is 1.84 bits per heavy atom. The summed E-state index contributed by atoms with van der Waals surface area (Å²) in [6, 6.07) is 9.92. The van der Waals surface area contributed by atoms with E-state index in [2.05, 4.69) is 16.9 Å². The second-order valence-corrected chi connectivity index (χ2v) is 4.25. The number of aryl methyl sites for hydroxylation is 1. The number of rotatable bonds is 3. The fourth-order valence-corrected chi connectivity index (χ4v) is 1.93. The predicted octanol–water partition coefficient (Wildman–Crippen LogP) is 2.13. The SMILES string of the molecule is CCCc1ccc(-c2nc(N)nc(N)c2C#N)cc1. The summed E-state index contributed by atoms with van der Waals surface area (Å²) < 4.78 is 0. The van der Waals surface area contributed by atoms with E-state index in [1.807, 2.05) is 30.3 Å². The van der Waals surface area contributed by atoms with Gasteiger partial charge in [-0.25, -0.2) is 4.98 Å². The van der Waals surface area contributed by atoms with Crippen molar-refractivity contribution < 1.29 is 0 Å². The van der Waals surface area contributed by atoms with Crippen LogP contribution in [0.5, 0.6) is 0 Å². The van der Waals surface area contributed by atoms with Crippen LogP contribution in [-0.4, -0.2) is 9.97 Å². The molecule has 0 saturated carbocycles. The quantitative estimate of drug-likeness (QED) is 0.872. The van der Waals surface area contributed by atoms with Gasteiger partial charge in [0.1, 0.15) is 17.5 Å². The molecule has 0 aliphatic heterocycles. The monoisotopic (exact) mass is 253 g/mol. The lowest BCUT2D eigenvalue weighted by atomic mass is 10.0. The highest BCUT2D eigenvalue weighted by Crippen LogP contribution is 2.25. The summed E-state index contributed by atoms with van der Waals surface area (Å²) in [5.74, 6) is 0.187. The van der Waals surface area contributed by atoms with Crippen LogP contribution >= 0.6 is 0 Å².